The monoisotopic (exact) mass is 282 g/mol. The molecule has 0 N–H and O–H groups in total. The van der Waals surface area contributed by atoms with Crippen LogP contribution in [0.1, 0.15) is 32.3 Å². The summed E-state index contributed by atoms with van der Waals surface area (Å²) in [6.45, 7) is 7.90. The normalized spacial score (nSPS) is 20.8. The Morgan fingerprint density at radius 2 is 2.25 bits per heavy atom. The van der Waals surface area contributed by atoms with Gasteiger partial charge in [-0.2, -0.15) is 0 Å². The number of anilines is 1. The smallest absolute Gasteiger partial charge is 0.131 e. The van der Waals surface area contributed by atoms with Crippen molar-refractivity contribution in [1.82, 2.24) is 4.98 Å². The molecule has 1 aliphatic heterocycles. The van der Waals surface area contributed by atoms with Crippen LogP contribution in [-0.4, -0.2) is 17.6 Å². The zero-order valence-electron chi connectivity index (χ0n) is 10.2. The molecule has 0 bridgehead atoms. The van der Waals surface area contributed by atoms with Crippen LogP contribution < -0.4 is 4.90 Å². The highest BCUT2D eigenvalue weighted by Crippen LogP contribution is 2.31. The lowest BCUT2D eigenvalue weighted by Crippen LogP contribution is -2.34. The molecule has 16 heavy (non-hydrogen) atoms. The molecule has 0 aromatic carbocycles. The van der Waals surface area contributed by atoms with Gasteiger partial charge >= 0.3 is 0 Å². The summed E-state index contributed by atoms with van der Waals surface area (Å²) >= 11 is 3.47. The fourth-order valence-corrected chi connectivity index (χ4v) is 3.03. The third-order valence-corrected chi connectivity index (χ3v) is 3.79. The van der Waals surface area contributed by atoms with Gasteiger partial charge in [-0.1, -0.05) is 13.8 Å². The molecule has 1 aromatic rings. The van der Waals surface area contributed by atoms with E-state index in [1.54, 1.807) is 0 Å². The van der Waals surface area contributed by atoms with E-state index in [9.17, 15) is 0 Å². The molecule has 3 heteroatoms. The molecule has 1 atom stereocenters. The molecular formula is C13H19BrN2. The third-order valence-electron chi connectivity index (χ3n) is 3.36. The molecule has 0 aliphatic carbocycles. The molecule has 2 rings (SSSR count). The van der Waals surface area contributed by atoms with Crippen LogP contribution in [-0.2, 0) is 0 Å². The van der Waals surface area contributed by atoms with Crippen molar-refractivity contribution in [3.05, 3.63) is 22.3 Å². The Morgan fingerprint density at radius 1 is 1.50 bits per heavy atom. The maximum absolute atomic E-state index is 4.57. The van der Waals surface area contributed by atoms with E-state index in [0.29, 0.717) is 12.0 Å². The lowest BCUT2D eigenvalue weighted by molar-refractivity contribution is 0.489. The van der Waals surface area contributed by atoms with E-state index in [-0.39, 0.29) is 0 Å². The summed E-state index contributed by atoms with van der Waals surface area (Å²) in [6, 6.07) is 2.81. The van der Waals surface area contributed by atoms with Crippen molar-refractivity contribution < 1.29 is 0 Å². The second kappa shape index (κ2) is 4.74. The van der Waals surface area contributed by atoms with Gasteiger partial charge in [0.2, 0.25) is 0 Å². The van der Waals surface area contributed by atoms with Crippen molar-refractivity contribution in [2.24, 2.45) is 5.92 Å². The van der Waals surface area contributed by atoms with Gasteiger partial charge in [-0.15, -0.1) is 0 Å². The maximum atomic E-state index is 4.57. The number of aryl methyl sites for hydroxylation is 1. The van der Waals surface area contributed by atoms with Crippen molar-refractivity contribution in [3.8, 4) is 0 Å². The Bertz CT molecular complexity index is 376. The number of nitrogens with zero attached hydrogens (tertiary/aromatic N) is 2. The van der Waals surface area contributed by atoms with Crippen LogP contribution in [0, 0.1) is 12.8 Å². The predicted octanol–water partition coefficient (Wildman–Crippen LogP) is 3.78. The summed E-state index contributed by atoms with van der Waals surface area (Å²) in [5, 5.41) is 0. The molecule has 1 fully saturated rings. The van der Waals surface area contributed by atoms with E-state index in [1.165, 1.54) is 24.2 Å². The van der Waals surface area contributed by atoms with Crippen LogP contribution in [0.15, 0.2) is 16.7 Å². The Morgan fingerprint density at radius 3 is 2.88 bits per heavy atom. The summed E-state index contributed by atoms with van der Waals surface area (Å²) in [4.78, 5) is 7.05. The molecule has 88 valence electrons. The Kier molecular flexibility index (Phi) is 3.53. The summed E-state index contributed by atoms with van der Waals surface area (Å²) < 4.78 is 1.06. The second-order valence-electron chi connectivity index (χ2n) is 4.94. The third kappa shape index (κ3) is 2.24. The van der Waals surface area contributed by atoms with Crippen LogP contribution in [0.5, 0.6) is 0 Å². The fourth-order valence-electron chi connectivity index (χ4n) is 2.58. The molecule has 0 saturated carbocycles. The largest absolute Gasteiger partial charge is 0.353 e. The number of rotatable bonds is 2. The molecular weight excluding hydrogens is 264 g/mol. The summed E-state index contributed by atoms with van der Waals surface area (Å²) in [7, 11) is 0. The first-order valence-corrected chi connectivity index (χ1v) is 6.77. The number of aromatic nitrogens is 1. The van der Waals surface area contributed by atoms with Crippen LogP contribution in [0.25, 0.3) is 0 Å². The van der Waals surface area contributed by atoms with Gasteiger partial charge in [0, 0.05) is 23.3 Å². The highest BCUT2D eigenvalue weighted by molar-refractivity contribution is 9.10. The number of pyridine rings is 1. The lowest BCUT2D eigenvalue weighted by Gasteiger charge is -2.29. The van der Waals surface area contributed by atoms with Crippen LogP contribution in [0.2, 0.25) is 0 Å². The van der Waals surface area contributed by atoms with E-state index in [2.05, 4.69) is 52.7 Å². The van der Waals surface area contributed by atoms with Crippen LogP contribution in [0.3, 0.4) is 0 Å². The van der Waals surface area contributed by atoms with E-state index in [1.807, 2.05) is 6.20 Å². The van der Waals surface area contributed by atoms with Crippen molar-refractivity contribution in [2.75, 3.05) is 11.4 Å². The average Bonchev–Trinajstić information content (AvgIpc) is 2.66. The lowest BCUT2D eigenvalue weighted by atomic mass is 10.0. The molecule has 1 saturated heterocycles. The number of halogens is 1. The van der Waals surface area contributed by atoms with Crippen molar-refractivity contribution in [2.45, 2.75) is 39.7 Å². The number of hydrogen-bond donors (Lipinski definition) is 0. The minimum absolute atomic E-state index is 0.660. The molecule has 0 radical (unpaired) electrons. The van der Waals surface area contributed by atoms with Gasteiger partial charge in [0.15, 0.2) is 0 Å². The van der Waals surface area contributed by atoms with Gasteiger partial charge in [0.1, 0.15) is 5.82 Å². The Hall–Kier alpha value is -0.570. The van der Waals surface area contributed by atoms with Gasteiger partial charge in [-0.05, 0) is 53.2 Å². The van der Waals surface area contributed by atoms with Crippen molar-refractivity contribution in [1.29, 1.82) is 0 Å². The highest BCUT2D eigenvalue weighted by Gasteiger charge is 2.28. The van der Waals surface area contributed by atoms with Gasteiger partial charge < -0.3 is 4.90 Å². The SMILES string of the molecule is Cc1cc(Br)cnc1N1CCCC1C(C)C. The van der Waals surface area contributed by atoms with Crippen LogP contribution in [0.4, 0.5) is 5.82 Å². The van der Waals surface area contributed by atoms with E-state index < -0.39 is 0 Å². The first-order valence-electron chi connectivity index (χ1n) is 5.98. The van der Waals surface area contributed by atoms with Gasteiger partial charge in [0.25, 0.3) is 0 Å². The molecule has 2 heterocycles. The first-order chi connectivity index (χ1) is 7.59. The molecule has 1 aliphatic rings. The summed E-state index contributed by atoms with van der Waals surface area (Å²) in [5.41, 5.74) is 1.27. The van der Waals surface area contributed by atoms with E-state index in [0.717, 1.165) is 11.0 Å². The number of hydrogen-bond acceptors (Lipinski definition) is 2. The molecule has 1 aromatic heterocycles. The van der Waals surface area contributed by atoms with Gasteiger partial charge in [-0.3, -0.25) is 0 Å². The standard InChI is InChI=1S/C13H19BrN2/c1-9(2)12-5-4-6-16(12)13-10(3)7-11(14)8-15-13/h7-9,12H,4-6H2,1-3H3. The fraction of sp³-hybridized carbons (Fsp3) is 0.615. The van der Waals surface area contributed by atoms with E-state index in [4.69, 9.17) is 0 Å². The summed E-state index contributed by atoms with van der Waals surface area (Å²) in [6.07, 6.45) is 4.49. The highest BCUT2D eigenvalue weighted by atomic mass is 79.9. The minimum Gasteiger partial charge on any atom is -0.353 e. The molecule has 1 unspecified atom stereocenters. The molecule has 0 spiro atoms. The first kappa shape index (κ1) is 11.9. The van der Waals surface area contributed by atoms with Gasteiger partial charge in [0.05, 0.1) is 0 Å². The molecule has 2 nitrogen and oxygen atoms in total. The zero-order valence-corrected chi connectivity index (χ0v) is 11.8. The van der Waals surface area contributed by atoms with E-state index >= 15 is 0 Å². The predicted molar refractivity (Wildman–Crippen MR) is 71.9 cm³/mol. The average molecular weight is 283 g/mol. The van der Waals surface area contributed by atoms with Gasteiger partial charge in [-0.25, -0.2) is 4.98 Å². The molecule has 0 amide bonds. The van der Waals surface area contributed by atoms with Crippen molar-refractivity contribution >= 4 is 21.7 Å². The Labute approximate surface area is 106 Å². The maximum Gasteiger partial charge on any atom is 0.131 e. The zero-order chi connectivity index (χ0) is 11.7. The summed E-state index contributed by atoms with van der Waals surface area (Å²) in [5.74, 6) is 1.87. The topological polar surface area (TPSA) is 16.1 Å². The minimum atomic E-state index is 0.660. The Balaban J connectivity index is 2.29. The second-order valence-corrected chi connectivity index (χ2v) is 5.86. The van der Waals surface area contributed by atoms with Crippen molar-refractivity contribution in [3.63, 3.8) is 0 Å². The van der Waals surface area contributed by atoms with Crippen LogP contribution >= 0.6 is 15.9 Å². The quantitative estimate of drug-likeness (QED) is 0.821.